The largest absolute Gasteiger partial charge is 0.575 e. The van der Waals surface area contributed by atoms with E-state index in [1.54, 1.807) is 0 Å². The van der Waals surface area contributed by atoms with Gasteiger partial charge in [-0.15, -0.1) is 13.2 Å². The van der Waals surface area contributed by atoms with Crippen molar-refractivity contribution in [2.45, 2.75) is 11.3 Å². The van der Waals surface area contributed by atoms with E-state index in [-0.39, 0.29) is 6.07 Å². The summed E-state index contributed by atoms with van der Waals surface area (Å²) in [6, 6.07) is 0.272. The summed E-state index contributed by atoms with van der Waals surface area (Å²) in [4.78, 5) is 11.3. The molecule has 1 aromatic heterocycles. The highest BCUT2D eigenvalue weighted by Crippen LogP contribution is 2.35. The van der Waals surface area contributed by atoms with Crippen molar-refractivity contribution >= 4 is 15.8 Å². The van der Waals surface area contributed by atoms with Gasteiger partial charge < -0.3 is 19.6 Å². The molecule has 0 atom stereocenters. The van der Waals surface area contributed by atoms with Gasteiger partial charge in [0.05, 0.1) is 13.2 Å². The van der Waals surface area contributed by atoms with E-state index in [4.69, 9.17) is 5.14 Å². The van der Waals surface area contributed by atoms with Gasteiger partial charge in [0.15, 0.2) is 0 Å². The third-order valence-corrected chi connectivity index (χ3v) is 2.72. The fraction of sp³-hybridized carbons (Fsp3) is 0.286. The summed E-state index contributed by atoms with van der Waals surface area (Å²) in [6.45, 7) is 0. The van der Waals surface area contributed by atoms with E-state index < -0.39 is 43.7 Å². The van der Waals surface area contributed by atoms with E-state index in [9.17, 15) is 31.7 Å². The SMILES string of the molecule is COc1c(S(N)(=O)=O)cc(OC(F)(F)F)nc1[N+](=O)[O-]. The molecule has 0 amide bonds. The van der Waals surface area contributed by atoms with Crippen molar-refractivity contribution < 1.29 is 36.0 Å². The molecule has 0 aromatic carbocycles. The van der Waals surface area contributed by atoms with Gasteiger partial charge in [0.1, 0.15) is 4.90 Å². The van der Waals surface area contributed by atoms with E-state index in [1.807, 2.05) is 0 Å². The highest BCUT2D eigenvalue weighted by molar-refractivity contribution is 7.89. The zero-order valence-corrected chi connectivity index (χ0v) is 10.4. The van der Waals surface area contributed by atoms with Crippen molar-refractivity contribution in [3.8, 4) is 11.6 Å². The summed E-state index contributed by atoms with van der Waals surface area (Å²) < 4.78 is 66.3. The predicted molar refractivity (Wildman–Crippen MR) is 55.5 cm³/mol. The molecule has 112 valence electrons. The minimum atomic E-state index is -5.22. The van der Waals surface area contributed by atoms with Crippen molar-refractivity contribution in [1.82, 2.24) is 4.98 Å². The van der Waals surface area contributed by atoms with Gasteiger partial charge in [-0.25, -0.2) is 13.6 Å². The van der Waals surface area contributed by atoms with E-state index >= 15 is 0 Å². The van der Waals surface area contributed by atoms with Crippen molar-refractivity contribution in [3.05, 3.63) is 16.2 Å². The molecule has 1 rings (SSSR count). The Bertz CT molecular complexity index is 644. The fourth-order valence-electron chi connectivity index (χ4n) is 1.17. The second kappa shape index (κ2) is 5.09. The van der Waals surface area contributed by atoms with Crippen LogP contribution in [0.4, 0.5) is 19.0 Å². The van der Waals surface area contributed by atoms with Gasteiger partial charge in [-0.2, -0.15) is 0 Å². The normalized spacial score (nSPS) is 12.1. The number of rotatable bonds is 4. The van der Waals surface area contributed by atoms with Crippen LogP contribution in [-0.2, 0) is 10.0 Å². The van der Waals surface area contributed by atoms with Crippen LogP contribution in [-0.4, -0.2) is 31.8 Å². The van der Waals surface area contributed by atoms with Crippen LogP contribution in [0.3, 0.4) is 0 Å². The van der Waals surface area contributed by atoms with Gasteiger partial charge in [0.2, 0.25) is 15.8 Å². The van der Waals surface area contributed by atoms with Gasteiger partial charge in [-0.05, 0) is 4.92 Å². The standard InChI is InChI=1S/C7H6F3N3O6S/c1-18-5-3(20(11,16)17)2-4(19-7(8,9)10)12-6(5)13(14)15/h2H,1H3,(H2,11,16,17). The van der Waals surface area contributed by atoms with Crippen LogP contribution in [0.1, 0.15) is 0 Å². The van der Waals surface area contributed by atoms with Crippen LogP contribution >= 0.6 is 0 Å². The van der Waals surface area contributed by atoms with E-state index in [1.165, 1.54) is 0 Å². The summed E-state index contributed by atoms with van der Waals surface area (Å²) in [7, 11) is -3.73. The number of ether oxygens (including phenoxy) is 2. The summed E-state index contributed by atoms with van der Waals surface area (Å²) in [5, 5.41) is 15.4. The van der Waals surface area contributed by atoms with E-state index in [0.29, 0.717) is 0 Å². The Balaban J connectivity index is 3.61. The highest BCUT2D eigenvalue weighted by atomic mass is 32.2. The second-order valence-electron chi connectivity index (χ2n) is 3.17. The molecule has 0 fully saturated rings. The Labute approximate surface area is 109 Å². The highest BCUT2D eigenvalue weighted by Gasteiger charge is 2.37. The number of hydrogen-bond acceptors (Lipinski definition) is 7. The molecule has 2 N–H and O–H groups in total. The summed E-state index contributed by atoms with van der Waals surface area (Å²) in [5.74, 6) is -3.53. The summed E-state index contributed by atoms with van der Waals surface area (Å²) in [6.07, 6.45) is -5.22. The number of pyridine rings is 1. The topological polar surface area (TPSA) is 135 Å². The van der Waals surface area contributed by atoms with Crippen LogP contribution in [0.15, 0.2) is 11.0 Å². The molecule has 20 heavy (non-hydrogen) atoms. The number of primary sulfonamides is 1. The zero-order chi connectivity index (χ0) is 15.7. The molecule has 0 unspecified atom stereocenters. The first-order valence-corrected chi connectivity index (χ1v) is 6.02. The van der Waals surface area contributed by atoms with Crippen LogP contribution in [0.25, 0.3) is 0 Å². The number of sulfonamides is 1. The monoisotopic (exact) mass is 317 g/mol. The fourth-order valence-corrected chi connectivity index (χ4v) is 1.87. The Morgan fingerprint density at radius 3 is 2.35 bits per heavy atom. The number of aromatic nitrogens is 1. The zero-order valence-electron chi connectivity index (χ0n) is 9.54. The van der Waals surface area contributed by atoms with Crippen molar-refractivity contribution in [2.24, 2.45) is 5.14 Å². The van der Waals surface area contributed by atoms with Crippen LogP contribution < -0.4 is 14.6 Å². The van der Waals surface area contributed by atoms with Crippen molar-refractivity contribution in [1.29, 1.82) is 0 Å². The lowest BCUT2D eigenvalue weighted by Crippen LogP contribution is -2.20. The number of hydrogen-bond donors (Lipinski definition) is 1. The van der Waals surface area contributed by atoms with Crippen molar-refractivity contribution in [2.75, 3.05) is 7.11 Å². The number of halogens is 3. The lowest BCUT2D eigenvalue weighted by Gasteiger charge is -2.09. The van der Waals surface area contributed by atoms with Gasteiger partial charge in [0.25, 0.3) is 0 Å². The molecular formula is C7H6F3N3O6S. The first kappa shape index (κ1) is 15.9. The van der Waals surface area contributed by atoms with Crippen molar-refractivity contribution in [3.63, 3.8) is 0 Å². The van der Waals surface area contributed by atoms with E-state index in [2.05, 4.69) is 14.5 Å². The van der Waals surface area contributed by atoms with E-state index in [0.717, 1.165) is 7.11 Å². The second-order valence-corrected chi connectivity index (χ2v) is 4.70. The summed E-state index contributed by atoms with van der Waals surface area (Å²) >= 11 is 0. The molecule has 0 saturated heterocycles. The Morgan fingerprint density at radius 1 is 1.45 bits per heavy atom. The molecule has 1 aromatic rings. The lowest BCUT2D eigenvalue weighted by molar-refractivity contribution is -0.391. The molecule has 13 heteroatoms. The van der Waals surface area contributed by atoms with Crippen LogP contribution in [0, 0.1) is 10.1 Å². The minimum Gasteiger partial charge on any atom is -0.488 e. The molecule has 9 nitrogen and oxygen atoms in total. The first-order chi connectivity index (χ1) is 8.95. The Hall–Kier alpha value is -2.15. The maximum atomic E-state index is 12.0. The third kappa shape index (κ3) is 3.67. The minimum absolute atomic E-state index is 0.272. The Morgan fingerprint density at radius 2 is 2.00 bits per heavy atom. The molecule has 0 radical (unpaired) electrons. The molecular weight excluding hydrogens is 311 g/mol. The number of methoxy groups -OCH3 is 1. The smallest absolute Gasteiger partial charge is 0.488 e. The maximum Gasteiger partial charge on any atom is 0.575 e. The van der Waals surface area contributed by atoms with Gasteiger partial charge in [-0.1, -0.05) is 0 Å². The van der Waals surface area contributed by atoms with Crippen LogP contribution in [0.2, 0.25) is 0 Å². The van der Waals surface area contributed by atoms with Crippen LogP contribution in [0.5, 0.6) is 11.6 Å². The number of nitrogens with two attached hydrogens (primary N) is 1. The number of nitro groups is 1. The average Bonchev–Trinajstić information content (AvgIpc) is 2.24. The molecule has 0 aliphatic carbocycles. The van der Waals surface area contributed by atoms with Gasteiger partial charge >= 0.3 is 18.1 Å². The maximum absolute atomic E-state index is 12.0. The quantitative estimate of drug-likeness (QED) is 0.632. The molecule has 0 aliphatic rings. The molecule has 1 heterocycles. The summed E-state index contributed by atoms with van der Waals surface area (Å²) in [5.41, 5.74) is 0. The van der Waals surface area contributed by atoms with Gasteiger partial charge in [-0.3, -0.25) is 0 Å². The number of alkyl halides is 3. The first-order valence-electron chi connectivity index (χ1n) is 4.47. The Kier molecular flexibility index (Phi) is 4.04. The predicted octanol–water partition coefficient (Wildman–Crippen LogP) is 0.544. The van der Waals surface area contributed by atoms with Gasteiger partial charge in [0, 0.05) is 4.98 Å². The lowest BCUT2D eigenvalue weighted by atomic mass is 10.4. The molecule has 0 aliphatic heterocycles. The molecule has 0 bridgehead atoms. The average molecular weight is 317 g/mol. The number of nitrogens with zero attached hydrogens (tertiary/aromatic N) is 2. The third-order valence-electron chi connectivity index (χ3n) is 1.80. The molecule has 0 saturated carbocycles. The molecule has 0 spiro atoms.